The average molecular weight is 280 g/mol. The number of likely N-dealkylation sites (tertiary alicyclic amines) is 1. The van der Waals surface area contributed by atoms with Crippen LogP contribution in [-0.2, 0) is 4.79 Å². The Hall–Kier alpha value is -0.570. The van der Waals surface area contributed by atoms with Crippen LogP contribution in [0.15, 0.2) is 0 Å². The molecule has 3 nitrogen and oxygen atoms in total. The Morgan fingerprint density at radius 3 is 2.40 bits per heavy atom. The molecule has 1 aliphatic carbocycles. The van der Waals surface area contributed by atoms with Crippen LogP contribution in [-0.4, -0.2) is 29.9 Å². The van der Waals surface area contributed by atoms with Gasteiger partial charge in [0.05, 0.1) is 0 Å². The second-order valence-electron chi connectivity index (χ2n) is 6.83. The van der Waals surface area contributed by atoms with Crippen molar-refractivity contribution in [3.05, 3.63) is 0 Å². The molecule has 20 heavy (non-hydrogen) atoms. The van der Waals surface area contributed by atoms with Crippen molar-refractivity contribution >= 4 is 5.91 Å². The molecule has 1 saturated heterocycles. The normalized spacial score (nSPS) is 31.9. The van der Waals surface area contributed by atoms with Gasteiger partial charge in [0, 0.05) is 19.0 Å². The summed E-state index contributed by atoms with van der Waals surface area (Å²) in [6, 6.07) is 0.505. The Balaban J connectivity index is 1.83. The van der Waals surface area contributed by atoms with Gasteiger partial charge in [-0.25, -0.2) is 0 Å². The summed E-state index contributed by atoms with van der Waals surface area (Å²) in [5.41, 5.74) is 5.75. The van der Waals surface area contributed by atoms with E-state index in [1.807, 2.05) is 0 Å². The molecule has 0 radical (unpaired) electrons. The first kappa shape index (κ1) is 15.8. The maximum atomic E-state index is 12.6. The molecule has 0 spiro atoms. The summed E-state index contributed by atoms with van der Waals surface area (Å²) in [5.74, 6) is 1.75. The Morgan fingerprint density at radius 1 is 1.05 bits per heavy atom. The number of amides is 1. The van der Waals surface area contributed by atoms with Crippen molar-refractivity contribution in [2.45, 2.75) is 77.2 Å². The highest BCUT2D eigenvalue weighted by Gasteiger charge is 2.28. The topological polar surface area (TPSA) is 46.3 Å². The van der Waals surface area contributed by atoms with Gasteiger partial charge in [-0.1, -0.05) is 19.8 Å². The van der Waals surface area contributed by atoms with E-state index in [1.165, 1.54) is 51.4 Å². The molecule has 2 fully saturated rings. The van der Waals surface area contributed by atoms with Gasteiger partial charge in [0.25, 0.3) is 0 Å². The van der Waals surface area contributed by atoms with E-state index in [-0.39, 0.29) is 0 Å². The summed E-state index contributed by atoms with van der Waals surface area (Å²) < 4.78 is 0. The van der Waals surface area contributed by atoms with Gasteiger partial charge >= 0.3 is 0 Å². The minimum Gasteiger partial charge on any atom is -0.340 e. The minimum absolute atomic E-state index is 0.426. The zero-order valence-corrected chi connectivity index (χ0v) is 13.2. The number of hydrogen-bond donors (Lipinski definition) is 1. The van der Waals surface area contributed by atoms with Gasteiger partial charge < -0.3 is 10.6 Å². The van der Waals surface area contributed by atoms with Crippen LogP contribution < -0.4 is 5.73 Å². The van der Waals surface area contributed by atoms with Crippen LogP contribution in [0.25, 0.3) is 0 Å². The molecule has 1 heterocycles. The molecule has 1 atom stereocenters. The van der Waals surface area contributed by atoms with Crippen molar-refractivity contribution in [2.75, 3.05) is 13.1 Å². The highest BCUT2D eigenvalue weighted by atomic mass is 16.2. The molecule has 0 bridgehead atoms. The molecule has 0 aromatic heterocycles. The summed E-state index contributed by atoms with van der Waals surface area (Å²) in [4.78, 5) is 14.9. The lowest BCUT2D eigenvalue weighted by Crippen LogP contribution is -2.40. The van der Waals surface area contributed by atoms with E-state index in [4.69, 9.17) is 5.73 Å². The third kappa shape index (κ3) is 4.21. The smallest absolute Gasteiger partial charge is 0.223 e. The highest BCUT2D eigenvalue weighted by Crippen LogP contribution is 2.31. The molecule has 2 rings (SSSR count). The molecule has 1 saturated carbocycles. The van der Waals surface area contributed by atoms with Crippen molar-refractivity contribution in [3.63, 3.8) is 0 Å². The fraction of sp³-hybridized carbons (Fsp3) is 0.941. The molecular weight excluding hydrogens is 248 g/mol. The third-order valence-corrected chi connectivity index (χ3v) is 5.43. The molecule has 1 aliphatic heterocycles. The fourth-order valence-electron chi connectivity index (χ4n) is 3.97. The van der Waals surface area contributed by atoms with Gasteiger partial charge in [-0.2, -0.15) is 0 Å². The molecule has 0 aromatic rings. The van der Waals surface area contributed by atoms with Crippen molar-refractivity contribution in [2.24, 2.45) is 17.6 Å². The highest BCUT2D eigenvalue weighted by molar-refractivity contribution is 5.76. The lowest BCUT2D eigenvalue weighted by atomic mass is 9.80. The minimum atomic E-state index is 0.426. The van der Waals surface area contributed by atoms with Crippen LogP contribution in [0.4, 0.5) is 0 Å². The van der Waals surface area contributed by atoms with Crippen LogP contribution in [0, 0.1) is 11.8 Å². The quantitative estimate of drug-likeness (QED) is 0.858. The first-order chi connectivity index (χ1) is 9.74. The van der Waals surface area contributed by atoms with Crippen molar-refractivity contribution in [3.8, 4) is 0 Å². The lowest BCUT2D eigenvalue weighted by molar-refractivity contribution is -0.134. The summed E-state index contributed by atoms with van der Waals surface area (Å²) in [6.07, 6.45) is 11.8. The monoisotopic (exact) mass is 280 g/mol. The van der Waals surface area contributed by atoms with Gasteiger partial charge in [-0.3, -0.25) is 4.79 Å². The molecule has 116 valence electrons. The summed E-state index contributed by atoms with van der Waals surface area (Å²) >= 11 is 0. The molecule has 2 N–H and O–H groups in total. The molecule has 3 heteroatoms. The van der Waals surface area contributed by atoms with E-state index < -0.39 is 0 Å². The van der Waals surface area contributed by atoms with Crippen molar-refractivity contribution in [1.29, 1.82) is 0 Å². The predicted octanol–water partition coefficient (Wildman–Crippen LogP) is 3.32. The van der Waals surface area contributed by atoms with Crippen LogP contribution in [0.1, 0.15) is 71.1 Å². The van der Waals surface area contributed by atoms with E-state index in [0.29, 0.717) is 23.8 Å². The zero-order chi connectivity index (χ0) is 14.4. The maximum Gasteiger partial charge on any atom is 0.223 e. The number of rotatable bonds is 4. The van der Waals surface area contributed by atoms with E-state index in [2.05, 4.69) is 11.8 Å². The second-order valence-corrected chi connectivity index (χ2v) is 6.83. The summed E-state index contributed by atoms with van der Waals surface area (Å²) in [6.45, 7) is 4.04. The van der Waals surface area contributed by atoms with Gasteiger partial charge in [-0.05, 0) is 63.3 Å². The largest absolute Gasteiger partial charge is 0.340 e. The van der Waals surface area contributed by atoms with Gasteiger partial charge in [-0.15, -0.1) is 0 Å². The van der Waals surface area contributed by atoms with E-state index >= 15 is 0 Å². The first-order valence-corrected chi connectivity index (χ1v) is 8.74. The Bertz CT molecular complexity index is 297. The fourth-order valence-corrected chi connectivity index (χ4v) is 3.97. The molecular formula is C17H32N2O. The van der Waals surface area contributed by atoms with Crippen LogP contribution >= 0.6 is 0 Å². The molecule has 1 unspecified atom stereocenters. The Morgan fingerprint density at radius 2 is 1.75 bits per heavy atom. The van der Waals surface area contributed by atoms with Gasteiger partial charge in [0.15, 0.2) is 0 Å². The van der Waals surface area contributed by atoms with E-state index in [1.54, 1.807) is 0 Å². The van der Waals surface area contributed by atoms with Crippen LogP contribution in [0.2, 0.25) is 0 Å². The summed E-state index contributed by atoms with van der Waals surface area (Å²) in [5, 5.41) is 0. The van der Waals surface area contributed by atoms with E-state index in [0.717, 1.165) is 25.9 Å². The number of nitrogens with zero attached hydrogens (tertiary/aromatic N) is 1. The predicted molar refractivity (Wildman–Crippen MR) is 83.4 cm³/mol. The van der Waals surface area contributed by atoms with Crippen LogP contribution in [0.3, 0.4) is 0 Å². The molecule has 2 aliphatic rings. The number of carbonyl (C=O) groups excluding carboxylic acids is 1. The Kier molecular flexibility index (Phi) is 6.34. The average Bonchev–Trinajstić information content (AvgIpc) is 2.73. The van der Waals surface area contributed by atoms with Crippen LogP contribution in [0.5, 0.6) is 0 Å². The molecule has 1 amide bonds. The number of carbonyl (C=O) groups is 1. The van der Waals surface area contributed by atoms with E-state index in [9.17, 15) is 4.79 Å². The first-order valence-electron chi connectivity index (χ1n) is 8.74. The summed E-state index contributed by atoms with van der Waals surface area (Å²) in [7, 11) is 0. The third-order valence-electron chi connectivity index (χ3n) is 5.43. The SMILES string of the molecule is CCC1CCCCCN1C(=O)CC1CCC(CN)CC1. The number of nitrogens with two attached hydrogens (primary N) is 1. The second kappa shape index (κ2) is 8.02. The zero-order valence-electron chi connectivity index (χ0n) is 13.2. The van der Waals surface area contributed by atoms with Gasteiger partial charge in [0.2, 0.25) is 5.91 Å². The Labute approximate surface area is 124 Å². The van der Waals surface area contributed by atoms with Crippen molar-refractivity contribution in [1.82, 2.24) is 4.90 Å². The maximum absolute atomic E-state index is 12.6. The number of hydrogen-bond acceptors (Lipinski definition) is 2. The molecule has 0 aromatic carbocycles. The van der Waals surface area contributed by atoms with Crippen molar-refractivity contribution < 1.29 is 4.79 Å². The lowest BCUT2D eigenvalue weighted by Gasteiger charge is -2.33. The van der Waals surface area contributed by atoms with Gasteiger partial charge in [0.1, 0.15) is 0 Å². The standard InChI is InChI=1S/C17H32N2O/c1-2-16-6-4-3-5-11-19(16)17(20)12-14-7-9-15(13-18)10-8-14/h14-16H,2-13,18H2,1H3.